The van der Waals surface area contributed by atoms with Crippen molar-refractivity contribution in [3.05, 3.63) is 22.4 Å². The van der Waals surface area contributed by atoms with Crippen molar-refractivity contribution in [1.82, 2.24) is 10.2 Å². The Morgan fingerprint density at radius 1 is 1.44 bits per heavy atom. The fourth-order valence-electron chi connectivity index (χ4n) is 3.13. The number of esters is 1. The molecule has 0 spiro atoms. The molecule has 0 aromatic carbocycles. The first kappa shape index (κ1) is 19.6. The molecule has 3 heterocycles. The molecule has 11 heteroatoms. The maximum atomic E-state index is 12.5. The molecule has 4 atom stereocenters. The lowest BCUT2D eigenvalue weighted by Crippen LogP contribution is -2.80. The molecule has 2 amide bonds. The number of carbonyl (C=O) groups excluding carboxylic acids is 3. The summed E-state index contributed by atoms with van der Waals surface area (Å²) in [5.74, 6) is -3.02. The SMILES string of the molecule is CC(=O)OCC1(O)CS[C@@H]2[C@H](NC(=O)Cc3cccs3)C(=O)N2C1C(=O)O. The molecule has 3 N–H and O–H groups in total. The summed E-state index contributed by atoms with van der Waals surface area (Å²) in [4.78, 5) is 49.2. The summed E-state index contributed by atoms with van der Waals surface area (Å²) in [6.07, 6.45) is 0.136. The number of rotatable bonds is 6. The Hall–Kier alpha value is -2.11. The Morgan fingerprint density at radius 3 is 2.78 bits per heavy atom. The van der Waals surface area contributed by atoms with Crippen LogP contribution >= 0.6 is 23.1 Å². The van der Waals surface area contributed by atoms with Gasteiger partial charge < -0.3 is 25.2 Å². The number of fused-ring (bicyclic) bond motifs is 1. The fraction of sp³-hybridized carbons (Fsp3) is 0.500. The van der Waals surface area contributed by atoms with Gasteiger partial charge in [0.05, 0.1) is 6.42 Å². The van der Waals surface area contributed by atoms with Crippen LogP contribution in [-0.2, 0) is 30.3 Å². The van der Waals surface area contributed by atoms with Crippen molar-refractivity contribution in [2.24, 2.45) is 0 Å². The molecule has 2 saturated heterocycles. The zero-order valence-electron chi connectivity index (χ0n) is 14.3. The molecule has 3 rings (SSSR count). The van der Waals surface area contributed by atoms with Crippen LogP contribution < -0.4 is 5.32 Å². The Balaban J connectivity index is 1.69. The van der Waals surface area contributed by atoms with E-state index in [-0.39, 0.29) is 18.1 Å². The number of carboxylic acid groups (broad SMARTS) is 1. The summed E-state index contributed by atoms with van der Waals surface area (Å²) in [6, 6.07) is 1.23. The first-order valence-corrected chi connectivity index (χ1v) is 10.00. The summed E-state index contributed by atoms with van der Waals surface area (Å²) < 4.78 is 4.79. The molecule has 2 aliphatic heterocycles. The number of nitrogens with zero attached hydrogens (tertiary/aromatic N) is 1. The van der Waals surface area contributed by atoms with Crippen LogP contribution in [0.4, 0.5) is 0 Å². The number of hydrogen-bond donors (Lipinski definition) is 3. The van der Waals surface area contributed by atoms with Gasteiger partial charge in [-0.2, -0.15) is 0 Å². The van der Waals surface area contributed by atoms with Crippen molar-refractivity contribution in [1.29, 1.82) is 0 Å². The van der Waals surface area contributed by atoms with Crippen LogP contribution in [0.15, 0.2) is 17.5 Å². The van der Waals surface area contributed by atoms with Gasteiger partial charge in [0, 0.05) is 17.6 Å². The molecule has 1 aromatic heterocycles. The van der Waals surface area contributed by atoms with Gasteiger partial charge in [-0.25, -0.2) is 4.79 Å². The molecule has 2 aliphatic rings. The minimum absolute atomic E-state index is 0.0526. The molecule has 9 nitrogen and oxygen atoms in total. The van der Waals surface area contributed by atoms with E-state index in [2.05, 4.69) is 5.32 Å². The quantitative estimate of drug-likeness (QED) is 0.417. The third kappa shape index (κ3) is 3.80. The lowest BCUT2D eigenvalue weighted by atomic mass is 9.90. The minimum Gasteiger partial charge on any atom is -0.480 e. The summed E-state index contributed by atoms with van der Waals surface area (Å²) in [5, 5.41) is 24.1. The number of carboxylic acids is 1. The van der Waals surface area contributed by atoms with Gasteiger partial charge in [0.15, 0.2) is 6.04 Å². The second kappa shape index (κ2) is 7.49. The van der Waals surface area contributed by atoms with Gasteiger partial charge in [0.2, 0.25) is 11.8 Å². The van der Waals surface area contributed by atoms with Gasteiger partial charge in [0.25, 0.3) is 0 Å². The maximum absolute atomic E-state index is 12.5. The first-order chi connectivity index (χ1) is 12.7. The molecule has 1 aromatic rings. The highest BCUT2D eigenvalue weighted by Crippen LogP contribution is 2.42. The standard InChI is InChI=1S/C16H18N2O7S2/c1-8(19)25-6-16(24)7-27-14-11(13(21)18(14)12(16)15(22)23)17-10(20)5-9-3-2-4-26-9/h2-4,11-12,14,24H,5-7H2,1H3,(H,17,20)(H,22,23)/t11-,12?,14-,16?/m1/s1. The molecule has 0 saturated carbocycles. The maximum Gasteiger partial charge on any atom is 0.329 e. The number of hydrogen-bond acceptors (Lipinski definition) is 8. The van der Waals surface area contributed by atoms with E-state index in [1.807, 2.05) is 17.5 Å². The van der Waals surface area contributed by atoms with Gasteiger partial charge in [-0.3, -0.25) is 14.4 Å². The Morgan fingerprint density at radius 2 is 2.19 bits per heavy atom. The van der Waals surface area contributed by atoms with E-state index in [9.17, 15) is 29.4 Å². The minimum atomic E-state index is -1.90. The summed E-state index contributed by atoms with van der Waals surface area (Å²) in [7, 11) is 0. The number of amides is 2. The van der Waals surface area contributed by atoms with Gasteiger partial charge >= 0.3 is 11.9 Å². The van der Waals surface area contributed by atoms with Crippen LogP contribution in [0.5, 0.6) is 0 Å². The predicted molar refractivity (Wildman–Crippen MR) is 96.1 cm³/mol. The van der Waals surface area contributed by atoms with E-state index in [0.717, 1.165) is 28.5 Å². The van der Waals surface area contributed by atoms with Crippen molar-refractivity contribution >= 4 is 46.9 Å². The van der Waals surface area contributed by atoms with E-state index in [1.54, 1.807) is 0 Å². The van der Waals surface area contributed by atoms with Gasteiger partial charge in [-0.15, -0.1) is 23.1 Å². The van der Waals surface area contributed by atoms with E-state index >= 15 is 0 Å². The van der Waals surface area contributed by atoms with Gasteiger partial charge in [0.1, 0.15) is 23.6 Å². The van der Waals surface area contributed by atoms with Crippen LogP contribution in [0.1, 0.15) is 11.8 Å². The number of ether oxygens (including phenoxy) is 1. The van der Waals surface area contributed by atoms with E-state index in [0.29, 0.717) is 0 Å². The van der Waals surface area contributed by atoms with E-state index < -0.39 is 47.5 Å². The predicted octanol–water partition coefficient (Wildman–Crippen LogP) is -0.562. The third-order valence-corrected chi connectivity index (χ3v) is 6.75. The largest absolute Gasteiger partial charge is 0.480 e. The van der Waals surface area contributed by atoms with E-state index in [4.69, 9.17) is 4.74 Å². The first-order valence-electron chi connectivity index (χ1n) is 8.07. The molecule has 0 bridgehead atoms. The van der Waals surface area contributed by atoms with Crippen LogP contribution in [0, 0.1) is 0 Å². The zero-order valence-corrected chi connectivity index (χ0v) is 15.9. The number of thioether (sulfide) groups is 1. The lowest BCUT2D eigenvalue weighted by molar-refractivity contribution is -0.182. The zero-order chi connectivity index (χ0) is 19.8. The number of carbonyl (C=O) groups is 4. The van der Waals surface area contributed by atoms with Crippen LogP contribution in [0.2, 0.25) is 0 Å². The number of β-lactam (4-membered cyclic amide) rings is 1. The van der Waals surface area contributed by atoms with E-state index in [1.165, 1.54) is 11.3 Å². The highest BCUT2D eigenvalue weighted by atomic mass is 32.2. The highest BCUT2D eigenvalue weighted by Gasteiger charge is 2.63. The van der Waals surface area contributed by atoms with Gasteiger partial charge in [-0.1, -0.05) is 6.07 Å². The average Bonchev–Trinajstić information content (AvgIpc) is 3.10. The molecule has 146 valence electrons. The van der Waals surface area contributed by atoms with Gasteiger partial charge in [-0.05, 0) is 11.4 Å². The summed E-state index contributed by atoms with van der Waals surface area (Å²) >= 11 is 2.57. The van der Waals surface area contributed by atoms with Crippen molar-refractivity contribution in [3.63, 3.8) is 0 Å². The molecule has 0 aliphatic carbocycles. The summed E-state index contributed by atoms with van der Waals surface area (Å²) in [6.45, 7) is 0.615. The van der Waals surface area contributed by atoms with Crippen molar-refractivity contribution in [2.45, 2.75) is 36.4 Å². The normalized spacial score (nSPS) is 29.5. The Kier molecular flexibility index (Phi) is 5.45. The number of aliphatic carboxylic acids is 1. The van der Waals surface area contributed by atoms with Crippen molar-refractivity contribution in [3.8, 4) is 0 Å². The van der Waals surface area contributed by atoms with Crippen LogP contribution in [-0.4, -0.2) is 74.3 Å². The molecule has 2 fully saturated rings. The molecule has 2 unspecified atom stereocenters. The lowest BCUT2D eigenvalue weighted by Gasteiger charge is -2.56. The fourth-order valence-corrected chi connectivity index (χ4v) is 5.30. The molecule has 0 radical (unpaired) electrons. The highest BCUT2D eigenvalue weighted by molar-refractivity contribution is 8.00. The van der Waals surface area contributed by atoms with Crippen LogP contribution in [0.25, 0.3) is 0 Å². The molecule has 27 heavy (non-hydrogen) atoms. The topological polar surface area (TPSA) is 133 Å². The smallest absolute Gasteiger partial charge is 0.329 e. The average molecular weight is 414 g/mol. The number of aliphatic hydroxyl groups is 1. The van der Waals surface area contributed by atoms with Crippen LogP contribution in [0.3, 0.4) is 0 Å². The number of thiophene rings is 1. The van der Waals surface area contributed by atoms with Crippen molar-refractivity contribution in [2.75, 3.05) is 12.4 Å². The monoisotopic (exact) mass is 414 g/mol. The van der Waals surface area contributed by atoms with Crippen molar-refractivity contribution < 1.29 is 34.1 Å². The third-order valence-electron chi connectivity index (χ3n) is 4.36. The Labute approximate surface area is 162 Å². The molecular weight excluding hydrogens is 396 g/mol. The molecular formula is C16H18N2O7S2. The Bertz CT molecular complexity index is 769. The second-order valence-electron chi connectivity index (χ2n) is 6.37. The summed E-state index contributed by atoms with van der Waals surface area (Å²) in [5.41, 5.74) is -1.90. The second-order valence-corrected chi connectivity index (χ2v) is 8.51. The number of nitrogens with one attached hydrogen (secondary N) is 1.